The molecular weight excluding hydrogens is 322 g/mol. The maximum atomic E-state index is 12.9. The summed E-state index contributed by atoms with van der Waals surface area (Å²) in [5.74, 6) is 0.690. The average molecular weight is 343 g/mol. The molecule has 3 heterocycles. The average Bonchev–Trinajstić information content (AvgIpc) is 3.23. The SMILES string of the molecule is COc1ccc([C@H]2NC(=O)NC3=C2C(=O)N(C[C@H]2CCCO2)C3)cc1. The van der Waals surface area contributed by atoms with Crippen molar-refractivity contribution in [2.24, 2.45) is 0 Å². The molecule has 7 heteroatoms. The molecule has 132 valence electrons. The van der Waals surface area contributed by atoms with Crippen molar-refractivity contribution in [2.75, 3.05) is 26.8 Å². The summed E-state index contributed by atoms with van der Waals surface area (Å²) < 4.78 is 10.8. The molecule has 0 saturated carbocycles. The molecule has 7 nitrogen and oxygen atoms in total. The molecule has 1 fully saturated rings. The number of amides is 3. The Hall–Kier alpha value is -2.54. The molecule has 25 heavy (non-hydrogen) atoms. The minimum atomic E-state index is -0.448. The summed E-state index contributed by atoms with van der Waals surface area (Å²) in [7, 11) is 1.60. The molecule has 3 aliphatic heterocycles. The van der Waals surface area contributed by atoms with Gasteiger partial charge in [-0.25, -0.2) is 4.79 Å². The monoisotopic (exact) mass is 343 g/mol. The Balaban J connectivity index is 1.58. The predicted octanol–water partition coefficient (Wildman–Crippen LogP) is 1.32. The number of carbonyl (C=O) groups excluding carboxylic acids is 2. The first-order chi connectivity index (χ1) is 12.2. The van der Waals surface area contributed by atoms with Crippen molar-refractivity contribution in [1.82, 2.24) is 15.5 Å². The molecule has 2 N–H and O–H groups in total. The van der Waals surface area contributed by atoms with E-state index in [1.165, 1.54) is 0 Å². The molecule has 0 radical (unpaired) electrons. The maximum absolute atomic E-state index is 12.9. The number of hydrogen-bond acceptors (Lipinski definition) is 4. The van der Waals surface area contributed by atoms with Gasteiger partial charge in [0.2, 0.25) is 0 Å². The normalized spacial score (nSPS) is 25.7. The van der Waals surface area contributed by atoms with Crippen LogP contribution in [0, 0.1) is 0 Å². The summed E-state index contributed by atoms with van der Waals surface area (Å²) in [6.07, 6.45) is 2.10. The van der Waals surface area contributed by atoms with Crippen molar-refractivity contribution in [3.8, 4) is 5.75 Å². The van der Waals surface area contributed by atoms with Gasteiger partial charge in [-0.3, -0.25) is 4.79 Å². The fourth-order valence-electron chi connectivity index (χ4n) is 3.66. The zero-order chi connectivity index (χ0) is 17.4. The second kappa shape index (κ2) is 6.40. The number of methoxy groups -OCH3 is 1. The fraction of sp³-hybridized carbons (Fsp3) is 0.444. The number of nitrogens with one attached hydrogen (secondary N) is 2. The van der Waals surface area contributed by atoms with Crippen LogP contribution in [0.25, 0.3) is 0 Å². The topological polar surface area (TPSA) is 79.9 Å². The lowest BCUT2D eigenvalue weighted by Crippen LogP contribution is -2.44. The van der Waals surface area contributed by atoms with Gasteiger partial charge in [0.15, 0.2) is 0 Å². The Labute approximate surface area is 146 Å². The molecule has 2 atom stereocenters. The Morgan fingerprint density at radius 3 is 2.76 bits per heavy atom. The van der Waals surface area contributed by atoms with E-state index in [1.807, 2.05) is 24.3 Å². The molecule has 1 saturated heterocycles. The van der Waals surface area contributed by atoms with E-state index in [1.54, 1.807) is 12.0 Å². The zero-order valence-electron chi connectivity index (χ0n) is 14.1. The highest BCUT2D eigenvalue weighted by atomic mass is 16.5. The van der Waals surface area contributed by atoms with Gasteiger partial charge in [-0.05, 0) is 30.5 Å². The van der Waals surface area contributed by atoms with E-state index >= 15 is 0 Å². The summed E-state index contributed by atoms with van der Waals surface area (Å²) in [6, 6.07) is 6.66. The van der Waals surface area contributed by atoms with E-state index < -0.39 is 6.04 Å². The molecule has 0 bridgehead atoms. The first-order valence-electron chi connectivity index (χ1n) is 8.51. The van der Waals surface area contributed by atoms with Crippen LogP contribution < -0.4 is 15.4 Å². The quantitative estimate of drug-likeness (QED) is 0.864. The molecule has 0 aliphatic carbocycles. The molecule has 3 amide bonds. The van der Waals surface area contributed by atoms with Crippen LogP contribution in [-0.2, 0) is 9.53 Å². The van der Waals surface area contributed by atoms with Crippen molar-refractivity contribution in [2.45, 2.75) is 25.0 Å². The summed E-state index contributed by atoms with van der Waals surface area (Å²) in [5.41, 5.74) is 2.16. The summed E-state index contributed by atoms with van der Waals surface area (Å²) in [4.78, 5) is 26.7. The lowest BCUT2D eigenvalue weighted by Gasteiger charge is -2.25. The van der Waals surface area contributed by atoms with Gasteiger partial charge in [-0.1, -0.05) is 12.1 Å². The van der Waals surface area contributed by atoms with Gasteiger partial charge in [0, 0.05) is 13.2 Å². The van der Waals surface area contributed by atoms with Crippen molar-refractivity contribution in [3.63, 3.8) is 0 Å². The number of ether oxygens (including phenoxy) is 2. The molecule has 1 aromatic carbocycles. The standard InChI is InChI=1S/C18H21N3O4/c1-24-12-6-4-11(5-7-12)16-15-14(19-18(23)20-16)10-21(17(15)22)9-13-3-2-8-25-13/h4-7,13,16H,2-3,8-10H2,1H3,(H2,19,20,23)/t13-,16-/m1/s1. The third-order valence-electron chi connectivity index (χ3n) is 4.92. The maximum Gasteiger partial charge on any atom is 0.319 e. The van der Waals surface area contributed by atoms with Crippen LogP contribution in [0.5, 0.6) is 5.75 Å². The smallest absolute Gasteiger partial charge is 0.319 e. The van der Waals surface area contributed by atoms with Crippen molar-refractivity contribution in [1.29, 1.82) is 0 Å². The molecular formula is C18H21N3O4. The van der Waals surface area contributed by atoms with Gasteiger partial charge in [-0.15, -0.1) is 0 Å². The van der Waals surface area contributed by atoms with Crippen LogP contribution >= 0.6 is 0 Å². The highest BCUT2D eigenvalue weighted by Gasteiger charge is 2.41. The van der Waals surface area contributed by atoms with E-state index in [0.29, 0.717) is 24.4 Å². The van der Waals surface area contributed by atoms with Gasteiger partial charge >= 0.3 is 6.03 Å². The van der Waals surface area contributed by atoms with Crippen LogP contribution in [0.1, 0.15) is 24.4 Å². The Kier molecular flexibility index (Phi) is 4.09. The van der Waals surface area contributed by atoms with Crippen molar-refractivity contribution < 1.29 is 19.1 Å². The second-order valence-corrected chi connectivity index (χ2v) is 6.52. The highest BCUT2D eigenvalue weighted by Crippen LogP contribution is 2.33. The van der Waals surface area contributed by atoms with Crippen molar-refractivity contribution >= 4 is 11.9 Å². The first kappa shape index (κ1) is 16.0. The number of nitrogens with zero attached hydrogens (tertiary/aromatic N) is 1. The van der Waals surface area contributed by atoms with Crippen LogP contribution in [0.2, 0.25) is 0 Å². The minimum absolute atomic E-state index is 0.0428. The molecule has 3 aliphatic rings. The molecule has 4 rings (SSSR count). The Morgan fingerprint density at radius 1 is 1.28 bits per heavy atom. The third-order valence-corrected chi connectivity index (χ3v) is 4.92. The van der Waals surface area contributed by atoms with Crippen LogP contribution in [0.4, 0.5) is 4.79 Å². The highest BCUT2D eigenvalue weighted by molar-refractivity contribution is 6.01. The van der Waals surface area contributed by atoms with E-state index in [0.717, 1.165) is 30.8 Å². The predicted molar refractivity (Wildman–Crippen MR) is 90.0 cm³/mol. The van der Waals surface area contributed by atoms with Gasteiger partial charge in [0.05, 0.1) is 37.1 Å². The fourth-order valence-corrected chi connectivity index (χ4v) is 3.66. The van der Waals surface area contributed by atoms with E-state index in [4.69, 9.17) is 9.47 Å². The lowest BCUT2D eigenvalue weighted by molar-refractivity contribution is -0.127. The van der Waals surface area contributed by atoms with Gasteiger partial charge in [-0.2, -0.15) is 0 Å². The van der Waals surface area contributed by atoms with E-state index in [2.05, 4.69) is 10.6 Å². The molecule has 0 spiro atoms. The number of benzene rings is 1. The third kappa shape index (κ3) is 2.95. The zero-order valence-corrected chi connectivity index (χ0v) is 14.1. The van der Waals surface area contributed by atoms with Gasteiger partial charge in [0.1, 0.15) is 5.75 Å². The summed E-state index contributed by atoms with van der Waals surface area (Å²) in [5, 5.41) is 5.65. The number of hydrogen-bond donors (Lipinski definition) is 2. The van der Waals surface area contributed by atoms with Crippen LogP contribution in [0.15, 0.2) is 35.5 Å². The van der Waals surface area contributed by atoms with Gasteiger partial charge in [0.25, 0.3) is 5.91 Å². The second-order valence-electron chi connectivity index (χ2n) is 6.52. The molecule has 0 unspecified atom stereocenters. The Morgan fingerprint density at radius 2 is 2.08 bits per heavy atom. The summed E-state index contributed by atoms with van der Waals surface area (Å²) >= 11 is 0. The number of carbonyl (C=O) groups is 2. The van der Waals surface area contributed by atoms with Crippen LogP contribution in [-0.4, -0.2) is 49.7 Å². The first-order valence-corrected chi connectivity index (χ1v) is 8.51. The number of rotatable bonds is 4. The van der Waals surface area contributed by atoms with Crippen molar-refractivity contribution in [3.05, 3.63) is 41.1 Å². The summed E-state index contributed by atoms with van der Waals surface area (Å²) in [6.45, 7) is 1.75. The van der Waals surface area contributed by atoms with Gasteiger partial charge < -0.3 is 25.0 Å². The van der Waals surface area contributed by atoms with E-state index in [9.17, 15) is 9.59 Å². The van der Waals surface area contributed by atoms with Crippen LogP contribution in [0.3, 0.4) is 0 Å². The lowest BCUT2D eigenvalue weighted by atomic mass is 9.96. The number of urea groups is 1. The molecule has 0 aromatic heterocycles. The van der Waals surface area contributed by atoms with E-state index in [-0.39, 0.29) is 18.0 Å². The molecule has 1 aromatic rings. The minimum Gasteiger partial charge on any atom is -0.497 e. The largest absolute Gasteiger partial charge is 0.497 e. The Bertz CT molecular complexity index is 722.